The highest BCUT2D eigenvalue weighted by atomic mass is 15.1. The minimum absolute atomic E-state index is 0.548. The van der Waals surface area contributed by atoms with Crippen LogP contribution in [0.3, 0.4) is 0 Å². The minimum atomic E-state index is 0.548. The maximum atomic E-state index is 4.56. The van der Waals surface area contributed by atoms with Crippen LogP contribution in [0.1, 0.15) is 50.9 Å². The van der Waals surface area contributed by atoms with Crippen LogP contribution in [-0.2, 0) is 0 Å². The zero-order valence-electron chi connectivity index (χ0n) is 16.5. The van der Waals surface area contributed by atoms with E-state index < -0.39 is 0 Å². The van der Waals surface area contributed by atoms with Gasteiger partial charge in [0.05, 0.1) is 0 Å². The standard InChI is InChI=1S/C21H31N5/c1-5-26(6-2)18-11-12-19(15(3)13-18)25-21-14-20(22-16(4)23-21)24-17-9-7-8-10-17/h11-14,17H,5-10H2,1-4H3,(H2,22,23,24,25). The fourth-order valence-electron chi connectivity index (χ4n) is 3.70. The average Bonchev–Trinajstić information content (AvgIpc) is 3.11. The van der Waals surface area contributed by atoms with Crippen LogP contribution in [0, 0.1) is 13.8 Å². The van der Waals surface area contributed by atoms with Gasteiger partial charge >= 0.3 is 0 Å². The Morgan fingerprint density at radius 2 is 1.69 bits per heavy atom. The van der Waals surface area contributed by atoms with Crippen LogP contribution < -0.4 is 15.5 Å². The highest BCUT2D eigenvalue weighted by molar-refractivity contribution is 5.66. The van der Waals surface area contributed by atoms with Crippen molar-refractivity contribution in [3.05, 3.63) is 35.7 Å². The predicted octanol–water partition coefficient (Wildman–Crippen LogP) is 5.04. The molecule has 1 aromatic heterocycles. The molecule has 5 nitrogen and oxygen atoms in total. The lowest BCUT2D eigenvalue weighted by Crippen LogP contribution is -2.21. The average molecular weight is 354 g/mol. The molecule has 1 aliphatic carbocycles. The molecule has 1 aromatic carbocycles. The van der Waals surface area contributed by atoms with E-state index in [0.717, 1.165) is 36.2 Å². The topological polar surface area (TPSA) is 53.1 Å². The Hall–Kier alpha value is -2.30. The minimum Gasteiger partial charge on any atom is -0.372 e. The molecule has 0 spiro atoms. The van der Waals surface area contributed by atoms with Gasteiger partial charge in [0.1, 0.15) is 17.5 Å². The highest BCUT2D eigenvalue weighted by Crippen LogP contribution is 2.27. The van der Waals surface area contributed by atoms with E-state index in [4.69, 9.17) is 0 Å². The monoisotopic (exact) mass is 353 g/mol. The van der Waals surface area contributed by atoms with Gasteiger partial charge in [0.15, 0.2) is 0 Å². The number of hydrogen-bond donors (Lipinski definition) is 2. The van der Waals surface area contributed by atoms with E-state index in [9.17, 15) is 0 Å². The fraction of sp³-hybridized carbons (Fsp3) is 0.524. The van der Waals surface area contributed by atoms with Crippen LogP contribution in [0.5, 0.6) is 0 Å². The smallest absolute Gasteiger partial charge is 0.136 e. The summed E-state index contributed by atoms with van der Waals surface area (Å²) in [5.41, 5.74) is 3.57. The molecule has 1 aliphatic rings. The Bertz CT molecular complexity index is 733. The molecule has 1 saturated carbocycles. The van der Waals surface area contributed by atoms with Gasteiger partial charge in [-0.25, -0.2) is 9.97 Å². The lowest BCUT2D eigenvalue weighted by atomic mass is 10.1. The van der Waals surface area contributed by atoms with Gasteiger partial charge in [-0.05, 0) is 64.3 Å². The number of aromatic nitrogens is 2. The van der Waals surface area contributed by atoms with E-state index in [0.29, 0.717) is 6.04 Å². The molecule has 0 atom stereocenters. The normalized spacial score (nSPS) is 14.5. The van der Waals surface area contributed by atoms with Gasteiger partial charge in [0, 0.05) is 36.6 Å². The molecule has 140 valence electrons. The summed E-state index contributed by atoms with van der Waals surface area (Å²) in [7, 11) is 0. The summed E-state index contributed by atoms with van der Waals surface area (Å²) in [4.78, 5) is 11.5. The molecular weight excluding hydrogens is 322 g/mol. The first-order valence-corrected chi connectivity index (χ1v) is 9.84. The second-order valence-corrected chi connectivity index (χ2v) is 7.11. The Morgan fingerprint density at radius 3 is 2.35 bits per heavy atom. The molecule has 2 N–H and O–H groups in total. The summed E-state index contributed by atoms with van der Waals surface area (Å²) in [6, 6.07) is 9.12. The lowest BCUT2D eigenvalue weighted by Gasteiger charge is -2.22. The summed E-state index contributed by atoms with van der Waals surface area (Å²) in [5.74, 6) is 2.55. The molecule has 1 heterocycles. The Balaban J connectivity index is 1.76. The number of rotatable bonds is 7. The van der Waals surface area contributed by atoms with Crippen LogP contribution in [-0.4, -0.2) is 29.1 Å². The molecule has 0 saturated heterocycles. The van der Waals surface area contributed by atoms with E-state index in [2.05, 4.69) is 64.5 Å². The molecule has 0 bridgehead atoms. The van der Waals surface area contributed by atoms with Gasteiger partial charge in [-0.2, -0.15) is 0 Å². The van der Waals surface area contributed by atoms with E-state index >= 15 is 0 Å². The number of hydrogen-bond acceptors (Lipinski definition) is 5. The Labute approximate surface area is 157 Å². The molecule has 3 rings (SSSR count). The van der Waals surface area contributed by atoms with Crippen molar-refractivity contribution in [3.63, 3.8) is 0 Å². The van der Waals surface area contributed by atoms with Gasteiger partial charge in [-0.3, -0.25) is 0 Å². The van der Waals surface area contributed by atoms with Crippen molar-refractivity contribution in [2.24, 2.45) is 0 Å². The van der Waals surface area contributed by atoms with Crippen molar-refractivity contribution in [3.8, 4) is 0 Å². The third-order valence-corrected chi connectivity index (χ3v) is 5.15. The molecule has 5 heteroatoms. The van der Waals surface area contributed by atoms with Gasteiger partial charge in [-0.15, -0.1) is 0 Å². The lowest BCUT2D eigenvalue weighted by molar-refractivity contribution is 0.748. The molecule has 2 aromatic rings. The van der Waals surface area contributed by atoms with Crippen LogP contribution in [0.15, 0.2) is 24.3 Å². The first-order valence-electron chi connectivity index (χ1n) is 9.84. The number of benzene rings is 1. The first-order chi connectivity index (χ1) is 12.6. The third kappa shape index (κ3) is 4.45. The molecule has 0 aliphatic heterocycles. The SMILES string of the molecule is CCN(CC)c1ccc(Nc2cc(NC3CCCC3)nc(C)n2)c(C)c1. The Kier molecular flexibility index (Phi) is 5.96. The molecule has 26 heavy (non-hydrogen) atoms. The van der Waals surface area contributed by atoms with Crippen molar-refractivity contribution in [2.75, 3.05) is 28.6 Å². The summed E-state index contributed by atoms with van der Waals surface area (Å²) >= 11 is 0. The van der Waals surface area contributed by atoms with Crippen molar-refractivity contribution in [1.82, 2.24) is 9.97 Å². The van der Waals surface area contributed by atoms with Crippen molar-refractivity contribution >= 4 is 23.0 Å². The second kappa shape index (κ2) is 8.39. The summed E-state index contributed by atoms with van der Waals surface area (Å²) in [5, 5.41) is 7.03. The zero-order chi connectivity index (χ0) is 18.5. The molecular formula is C21H31N5. The summed E-state index contributed by atoms with van der Waals surface area (Å²) in [6.07, 6.45) is 5.09. The van der Waals surface area contributed by atoms with Gasteiger partial charge in [0.2, 0.25) is 0 Å². The summed E-state index contributed by atoms with van der Waals surface area (Å²) in [6.45, 7) is 10.5. The fourth-order valence-corrected chi connectivity index (χ4v) is 3.70. The van der Waals surface area contributed by atoms with Crippen molar-refractivity contribution in [1.29, 1.82) is 0 Å². The molecule has 0 amide bonds. The van der Waals surface area contributed by atoms with Crippen LogP contribution >= 0.6 is 0 Å². The van der Waals surface area contributed by atoms with E-state index in [1.165, 1.54) is 36.9 Å². The maximum Gasteiger partial charge on any atom is 0.136 e. The number of nitrogens with one attached hydrogen (secondary N) is 2. The maximum absolute atomic E-state index is 4.56. The van der Waals surface area contributed by atoms with E-state index in [1.807, 2.05) is 13.0 Å². The Morgan fingerprint density at radius 1 is 1.00 bits per heavy atom. The number of aryl methyl sites for hydroxylation is 2. The molecule has 1 fully saturated rings. The van der Waals surface area contributed by atoms with Crippen LogP contribution in [0.2, 0.25) is 0 Å². The quantitative estimate of drug-likeness (QED) is 0.730. The van der Waals surface area contributed by atoms with Crippen molar-refractivity contribution < 1.29 is 0 Å². The molecule has 0 radical (unpaired) electrons. The van der Waals surface area contributed by atoms with Crippen LogP contribution in [0.25, 0.3) is 0 Å². The van der Waals surface area contributed by atoms with Gasteiger partial charge in [-0.1, -0.05) is 12.8 Å². The summed E-state index contributed by atoms with van der Waals surface area (Å²) < 4.78 is 0. The number of nitrogens with zero attached hydrogens (tertiary/aromatic N) is 3. The molecule has 0 unspecified atom stereocenters. The van der Waals surface area contributed by atoms with Gasteiger partial charge in [0.25, 0.3) is 0 Å². The van der Waals surface area contributed by atoms with Gasteiger partial charge < -0.3 is 15.5 Å². The second-order valence-electron chi connectivity index (χ2n) is 7.11. The zero-order valence-corrected chi connectivity index (χ0v) is 16.5. The first kappa shape index (κ1) is 18.5. The third-order valence-electron chi connectivity index (χ3n) is 5.15. The highest BCUT2D eigenvalue weighted by Gasteiger charge is 2.15. The van der Waals surface area contributed by atoms with Crippen LogP contribution in [0.4, 0.5) is 23.0 Å². The number of anilines is 4. The van der Waals surface area contributed by atoms with Crippen molar-refractivity contribution in [2.45, 2.75) is 59.4 Å². The largest absolute Gasteiger partial charge is 0.372 e. The van der Waals surface area contributed by atoms with E-state index in [1.54, 1.807) is 0 Å². The predicted molar refractivity (Wildman–Crippen MR) is 111 cm³/mol. The van der Waals surface area contributed by atoms with E-state index in [-0.39, 0.29) is 0 Å².